The fourth-order valence-electron chi connectivity index (χ4n) is 3.19. The van der Waals surface area contributed by atoms with Crippen molar-refractivity contribution in [2.75, 3.05) is 44.7 Å². The van der Waals surface area contributed by atoms with Gasteiger partial charge in [0.1, 0.15) is 10.3 Å². The van der Waals surface area contributed by atoms with Crippen LogP contribution in [0.25, 0.3) is 10.3 Å². The van der Waals surface area contributed by atoms with Crippen LogP contribution in [0.3, 0.4) is 0 Å². The Morgan fingerprint density at radius 2 is 1.83 bits per heavy atom. The summed E-state index contributed by atoms with van der Waals surface area (Å²) in [5.74, 6) is -0.197. The van der Waals surface area contributed by atoms with Crippen LogP contribution in [0.15, 0.2) is 53.6 Å². The maximum absolute atomic E-state index is 12.6. The van der Waals surface area contributed by atoms with E-state index >= 15 is 0 Å². The van der Waals surface area contributed by atoms with Crippen LogP contribution in [0, 0.1) is 0 Å². The molecule has 0 saturated carbocycles. The second-order valence-electron chi connectivity index (χ2n) is 6.77. The predicted octanol–water partition coefficient (Wildman–Crippen LogP) is 1.66. The van der Waals surface area contributed by atoms with Crippen LogP contribution in [0.5, 0.6) is 0 Å². The van der Waals surface area contributed by atoms with Gasteiger partial charge in [0.15, 0.2) is 5.13 Å². The summed E-state index contributed by atoms with van der Waals surface area (Å²) < 4.78 is 26.3. The molecule has 1 aromatic carbocycles. The number of piperazine rings is 1. The third-order valence-corrected chi connectivity index (χ3v) is 7.72. The Balaban J connectivity index is 1.36. The number of benzene rings is 1. The van der Waals surface area contributed by atoms with Gasteiger partial charge in [-0.15, -0.1) is 0 Å². The predicted molar refractivity (Wildman–Crippen MR) is 112 cm³/mol. The first-order valence-corrected chi connectivity index (χ1v) is 11.5. The highest BCUT2D eigenvalue weighted by molar-refractivity contribution is 7.89. The lowest BCUT2D eigenvalue weighted by Gasteiger charge is -2.35. The van der Waals surface area contributed by atoms with E-state index in [1.807, 2.05) is 12.1 Å². The van der Waals surface area contributed by atoms with Gasteiger partial charge in [-0.05, 0) is 24.3 Å². The standard InChI is InChI=1S/C19H21N5O3S2/c1-22(29(26,27)15-6-3-2-4-7-15)14-17(25)23-10-12-24(13-11-23)19-21-16-8-5-9-20-18(16)28-19/h2-9H,10-14H2,1H3. The first-order chi connectivity index (χ1) is 13.9. The Morgan fingerprint density at radius 3 is 2.52 bits per heavy atom. The van der Waals surface area contributed by atoms with Crippen molar-refractivity contribution in [3.05, 3.63) is 48.7 Å². The van der Waals surface area contributed by atoms with Gasteiger partial charge in [-0.25, -0.2) is 18.4 Å². The van der Waals surface area contributed by atoms with Gasteiger partial charge >= 0.3 is 0 Å². The molecule has 0 radical (unpaired) electrons. The largest absolute Gasteiger partial charge is 0.344 e. The molecule has 3 heterocycles. The van der Waals surface area contributed by atoms with Gasteiger partial charge in [0, 0.05) is 39.4 Å². The molecule has 2 aromatic heterocycles. The van der Waals surface area contributed by atoms with E-state index < -0.39 is 10.0 Å². The molecular formula is C19H21N5O3S2. The number of hydrogen-bond donors (Lipinski definition) is 0. The van der Waals surface area contributed by atoms with E-state index in [0.29, 0.717) is 26.2 Å². The first-order valence-electron chi connectivity index (χ1n) is 9.21. The molecule has 0 N–H and O–H groups in total. The van der Waals surface area contributed by atoms with E-state index in [-0.39, 0.29) is 17.3 Å². The molecule has 29 heavy (non-hydrogen) atoms. The Bertz CT molecular complexity index is 1080. The number of pyridine rings is 1. The normalized spacial score (nSPS) is 15.2. The number of sulfonamides is 1. The van der Waals surface area contributed by atoms with Crippen molar-refractivity contribution in [2.45, 2.75) is 4.90 Å². The molecule has 0 aliphatic carbocycles. The number of thiazole rings is 1. The Kier molecular flexibility index (Phi) is 5.48. The smallest absolute Gasteiger partial charge is 0.243 e. The topological polar surface area (TPSA) is 86.7 Å². The molecule has 152 valence electrons. The molecule has 4 rings (SSSR count). The van der Waals surface area contributed by atoms with E-state index in [4.69, 9.17) is 0 Å². The molecule has 1 saturated heterocycles. The zero-order valence-corrected chi connectivity index (χ0v) is 17.6. The van der Waals surface area contributed by atoms with Crippen molar-refractivity contribution < 1.29 is 13.2 Å². The molecule has 1 aliphatic rings. The number of nitrogens with zero attached hydrogens (tertiary/aromatic N) is 5. The van der Waals surface area contributed by atoms with Gasteiger partial charge in [0.25, 0.3) is 0 Å². The summed E-state index contributed by atoms with van der Waals surface area (Å²) in [6.07, 6.45) is 1.75. The van der Waals surface area contributed by atoms with E-state index in [1.54, 1.807) is 29.3 Å². The highest BCUT2D eigenvalue weighted by atomic mass is 32.2. The maximum atomic E-state index is 12.6. The zero-order chi connectivity index (χ0) is 20.4. The number of carbonyl (C=O) groups is 1. The van der Waals surface area contributed by atoms with Crippen molar-refractivity contribution in [1.29, 1.82) is 0 Å². The number of likely N-dealkylation sites (N-methyl/N-ethyl adjacent to an activating group) is 1. The van der Waals surface area contributed by atoms with Gasteiger partial charge in [0.05, 0.1) is 11.4 Å². The summed E-state index contributed by atoms with van der Waals surface area (Å²) in [5.41, 5.74) is 0.874. The van der Waals surface area contributed by atoms with Gasteiger partial charge in [-0.2, -0.15) is 4.31 Å². The van der Waals surface area contributed by atoms with E-state index in [0.717, 1.165) is 19.8 Å². The molecule has 1 aliphatic heterocycles. The van der Waals surface area contributed by atoms with Crippen molar-refractivity contribution in [3.8, 4) is 0 Å². The highest BCUT2D eigenvalue weighted by Crippen LogP contribution is 2.27. The lowest BCUT2D eigenvalue weighted by atomic mass is 10.3. The van der Waals surface area contributed by atoms with Crippen molar-refractivity contribution >= 4 is 42.7 Å². The lowest BCUT2D eigenvalue weighted by Crippen LogP contribution is -2.51. The average Bonchev–Trinajstić information content (AvgIpc) is 3.18. The second kappa shape index (κ2) is 8.05. The van der Waals surface area contributed by atoms with Crippen molar-refractivity contribution in [2.24, 2.45) is 0 Å². The minimum atomic E-state index is -3.68. The summed E-state index contributed by atoms with van der Waals surface area (Å²) >= 11 is 1.54. The summed E-state index contributed by atoms with van der Waals surface area (Å²) in [7, 11) is -2.25. The van der Waals surface area contributed by atoms with Gasteiger partial charge in [-0.3, -0.25) is 4.79 Å². The Hall–Kier alpha value is -2.56. The quantitative estimate of drug-likeness (QED) is 0.611. The number of anilines is 1. The maximum Gasteiger partial charge on any atom is 0.243 e. The average molecular weight is 432 g/mol. The van der Waals surface area contributed by atoms with Crippen molar-refractivity contribution in [3.63, 3.8) is 0 Å². The Labute approximate surface area is 173 Å². The number of amides is 1. The minimum absolute atomic E-state index is 0.178. The fourth-order valence-corrected chi connectivity index (χ4v) is 5.29. The zero-order valence-electron chi connectivity index (χ0n) is 15.9. The van der Waals surface area contributed by atoms with Crippen LogP contribution in [0.2, 0.25) is 0 Å². The van der Waals surface area contributed by atoms with Crippen LogP contribution in [0.1, 0.15) is 0 Å². The first kappa shape index (κ1) is 19.7. The SMILES string of the molecule is CN(CC(=O)N1CCN(c2nc3cccnc3s2)CC1)S(=O)(=O)c1ccccc1. The van der Waals surface area contributed by atoms with E-state index in [9.17, 15) is 13.2 Å². The third-order valence-electron chi connectivity index (χ3n) is 4.87. The van der Waals surface area contributed by atoms with Crippen LogP contribution < -0.4 is 4.90 Å². The summed E-state index contributed by atoms with van der Waals surface area (Å²) in [4.78, 5) is 26.5. The number of hydrogen-bond acceptors (Lipinski definition) is 7. The number of fused-ring (bicyclic) bond motifs is 1. The Morgan fingerprint density at radius 1 is 1.10 bits per heavy atom. The van der Waals surface area contributed by atoms with Crippen LogP contribution in [-0.2, 0) is 14.8 Å². The number of rotatable bonds is 5. The number of aromatic nitrogens is 2. The van der Waals surface area contributed by atoms with E-state index in [1.165, 1.54) is 30.5 Å². The highest BCUT2D eigenvalue weighted by Gasteiger charge is 2.27. The second-order valence-corrected chi connectivity index (χ2v) is 9.77. The molecule has 0 atom stereocenters. The van der Waals surface area contributed by atoms with E-state index in [2.05, 4.69) is 14.9 Å². The van der Waals surface area contributed by atoms with Crippen LogP contribution in [0.4, 0.5) is 5.13 Å². The summed E-state index contributed by atoms with van der Waals surface area (Å²) in [6, 6.07) is 11.9. The van der Waals surface area contributed by atoms with Crippen LogP contribution in [-0.4, -0.2) is 73.3 Å². The molecule has 1 fully saturated rings. The molecule has 0 spiro atoms. The van der Waals surface area contributed by atoms with Gasteiger partial charge in [0.2, 0.25) is 15.9 Å². The fraction of sp³-hybridized carbons (Fsp3) is 0.316. The molecule has 3 aromatic rings. The summed E-state index contributed by atoms with van der Waals surface area (Å²) in [6.45, 7) is 2.19. The summed E-state index contributed by atoms with van der Waals surface area (Å²) in [5, 5.41) is 0.898. The molecule has 0 bridgehead atoms. The molecule has 8 nitrogen and oxygen atoms in total. The molecule has 0 unspecified atom stereocenters. The monoisotopic (exact) mass is 431 g/mol. The third kappa shape index (κ3) is 4.09. The molecule has 1 amide bonds. The molecular weight excluding hydrogens is 410 g/mol. The minimum Gasteiger partial charge on any atom is -0.344 e. The van der Waals surface area contributed by atoms with Crippen LogP contribution >= 0.6 is 11.3 Å². The number of carbonyl (C=O) groups excluding carboxylic acids is 1. The van der Waals surface area contributed by atoms with Gasteiger partial charge < -0.3 is 9.80 Å². The lowest BCUT2D eigenvalue weighted by molar-refractivity contribution is -0.131. The molecule has 10 heteroatoms. The van der Waals surface area contributed by atoms with Crippen molar-refractivity contribution in [1.82, 2.24) is 19.2 Å². The van der Waals surface area contributed by atoms with Gasteiger partial charge in [-0.1, -0.05) is 29.5 Å².